The van der Waals surface area contributed by atoms with Crippen LogP contribution in [0.2, 0.25) is 0 Å². The van der Waals surface area contributed by atoms with Crippen LogP contribution >= 0.6 is 0 Å². The zero-order chi connectivity index (χ0) is 19.8. The second-order valence-corrected chi connectivity index (χ2v) is 8.33. The van der Waals surface area contributed by atoms with Gasteiger partial charge in [-0.05, 0) is 18.9 Å². The molecule has 1 saturated heterocycles. The van der Waals surface area contributed by atoms with Crippen molar-refractivity contribution in [3.8, 4) is 0 Å². The third-order valence-electron chi connectivity index (χ3n) is 5.72. The van der Waals surface area contributed by atoms with E-state index in [0.717, 1.165) is 25.3 Å². The first-order valence-corrected chi connectivity index (χ1v) is 9.65. The minimum absolute atomic E-state index is 0.00325. The van der Waals surface area contributed by atoms with Gasteiger partial charge in [-0.1, -0.05) is 37.5 Å². The van der Waals surface area contributed by atoms with Gasteiger partial charge in [-0.25, -0.2) is 8.78 Å². The Morgan fingerprint density at radius 2 is 2.00 bits per heavy atom. The van der Waals surface area contributed by atoms with Crippen molar-refractivity contribution >= 4 is 5.91 Å². The molecular weight excluding hydrogens is 366 g/mol. The number of amides is 1. The Hall–Kier alpha value is -2.35. The highest BCUT2D eigenvalue weighted by Crippen LogP contribution is 2.38. The number of carbonyl (C=O) groups is 1. The van der Waals surface area contributed by atoms with E-state index in [9.17, 15) is 13.6 Å². The van der Waals surface area contributed by atoms with Crippen LogP contribution in [0, 0.1) is 17.0 Å². The van der Waals surface area contributed by atoms with Gasteiger partial charge in [-0.2, -0.15) is 0 Å². The van der Waals surface area contributed by atoms with E-state index in [1.807, 2.05) is 0 Å². The summed E-state index contributed by atoms with van der Waals surface area (Å²) in [4.78, 5) is 12.9. The first-order chi connectivity index (χ1) is 13.4. The van der Waals surface area contributed by atoms with Gasteiger partial charge in [0.2, 0.25) is 0 Å². The zero-order valence-electron chi connectivity index (χ0n) is 15.9. The van der Waals surface area contributed by atoms with Gasteiger partial charge in [-0.15, -0.1) is 5.10 Å². The third-order valence-corrected chi connectivity index (χ3v) is 5.72. The summed E-state index contributed by atoms with van der Waals surface area (Å²) in [7, 11) is 0. The standard InChI is InChI=1S/C20H24F2N4O2/c1-19(12-28-13-19)11-26-10-17(24-25-26)18(27)23-20(7-3-2-4-8-20)15-6-5-14(21)9-16(15)22/h5-6,9-10H,2-4,7-8,11-13H2,1H3,(H,23,27). The number of rotatable bonds is 5. The van der Waals surface area contributed by atoms with Crippen molar-refractivity contribution in [3.05, 3.63) is 47.3 Å². The van der Waals surface area contributed by atoms with E-state index in [4.69, 9.17) is 4.74 Å². The molecule has 0 radical (unpaired) electrons. The molecule has 0 bridgehead atoms. The largest absolute Gasteiger partial charge is 0.380 e. The molecule has 0 unspecified atom stereocenters. The molecule has 2 aliphatic rings. The summed E-state index contributed by atoms with van der Waals surface area (Å²) >= 11 is 0. The molecule has 1 aliphatic heterocycles. The van der Waals surface area contributed by atoms with Gasteiger partial charge in [0.15, 0.2) is 5.69 Å². The van der Waals surface area contributed by atoms with Crippen LogP contribution in [0.4, 0.5) is 8.78 Å². The smallest absolute Gasteiger partial charge is 0.274 e. The molecule has 1 amide bonds. The highest BCUT2D eigenvalue weighted by molar-refractivity contribution is 5.92. The summed E-state index contributed by atoms with van der Waals surface area (Å²) in [6.45, 7) is 4.01. The molecule has 2 fully saturated rings. The van der Waals surface area contributed by atoms with Gasteiger partial charge in [0.25, 0.3) is 5.91 Å². The van der Waals surface area contributed by atoms with Gasteiger partial charge in [0.05, 0.1) is 31.5 Å². The summed E-state index contributed by atoms with van der Waals surface area (Å²) in [6, 6.07) is 3.54. The summed E-state index contributed by atoms with van der Waals surface area (Å²) in [5, 5.41) is 11.0. The first kappa shape index (κ1) is 19.0. The molecule has 6 nitrogen and oxygen atoms in total. The lowest BCUT2D eigenvalue weighted by atomic mass is 9.76. The molecule has 1 N–H and O–H groups in total. The molecule has 4 rings (SSSR count). The van der Waals surface area contributed by atoms with Crippen LogP contribution in [0.5, 0.6) is 0 Å². The Bertz CT molecular complexity index is 873. The van der Waals surface area contributed by atoms with Crippen molar-refractivity contribution in [2.75, 3.05) is 13.2 Å². The SMILES string of the molecule is CC1(Cn2cc(C(=O)NC3(c4ccc(F)cc4F)CCCCC3)nn2)COC1. The summed E-state index contributed by atoms with van der Waals surface area (Å²) < 4.78 is 34.8. The lowest BCUT2D eigenvalue weighted by Crippen LogP contribution is -2.48. The maximum absolute atomic E-state index is 14.5. The van der Waals surface area contributed by atoms with E-state index >= 15 is 0 Å². The molecule has 2 heterocycles. The molecular formula is C20H24F2N4O2. The number of hydrogen-bond donors (Lipinski definition) is 1. The Balaban J connectivity index is 1.55. The van der Waals surface area contributed by atoms with Gasteiger partial charge in [0.1, 0.15) is 11.6 Å². The second-order valence-electron chi connectivity index (χ2n) is 8.33. The highest BCUT2D eigenvalue weighted by atomic mass is 19.1. The highest BCUT2D eigenvalue weighted by Gasteiger charge is 2.39. The van der Waals surface area contributed by atoms with Crippen LogP contribution in [0.15, 0.2) is 24.4 Å². The number of hydrogen-bond acceptors (Lipinski definition) is 4. The Kier molecular flexibility index (Phi) is 4.91. The van der Waals surface area contributed by atoms with Crippen molar-refractivity contribution in [2.45, 2.75) is 51.1 Å². The molecule has 1 aromatic heterocycles. The lowest BCUT2D eigenvalue weighted by Gasteiger charge is -2.38. The molecule has 150 valence electrons. The lowest BCUT2D eigenvalue weighted by molar-refractivity contribution is -0.111. The molecule has 8 heteroatoms. The molecule has 28 heavy (non-hydrogen) atoms. The second kappa shape index (κ2) is 7.24. The number of aromatic nitrogens is 3. The Morgan fingerprint density at radius 1 is 1.25 bits per heavy atom. The van der Waals surface area contributed by atoms with Crippen LogP contribution in [0.3, 0.4) is 0 Å². The van der Waals surface area contributed by atoms with Crippen LogP contribution in [-0.2, 0) is 16.8 Å². The number of carbonyl (C=O) groups excluding carboxylic acids is 1. The van der Waals surface area contributed by atoms with Crippen molar-refractivity contribution < 1.29 is 18.3 Å². The number of halogens is 2. The van der Waals surface area contributed by atoms with E-state index in [1.165, 1.54) is 12.1 Å². The summed E-state index contributed by atoms with van der Waals surface area (Å²) in [5.41, 5.74) is -0.335. The number of ether oxygens (including phenoxy) is 1. The fourth-order valence-electron chi connectivity index (χ4n) is 4.19. The normalized spacial score (nSPS) is 20.4. The third kappa shape index (κ3) is 3.65. The molecule has 0 spiro atoms. The van der Waals surface area contributed by atoms with Gasteiger partial charge < -0.3 is 10.1 Å². The number of nitrogens with zero attached hydrogens (tertiary/aromatic N) is 3. The van der Waals surface area contributed by atoms with Crippen molar-refractivity contribution in [1.29, 1.82) is 0 Å². The summed E-state index contributed by atoms with van der Waals surface area (Å²) in [6.07, 6.45) is 5.56. The minimum Gasteiger partial charge on any atom is -0.380 e. The van der Waals surface area contributed by atoms with Crippen molar-refractivity contribution in [1.82, 2.24) is 20.3 Å². The van der Waals surface area contributed by atoms with Gasteiger partial charge >= 0.3 is 0 Å². The molecule has 0 atom stereocenters. The van der Waals surface area contributed by atoms with Gasteiger partial charge in [-0.3, -0.25) is 9.48 Å². The predicted molar refractivity (Wildman–Crippen MR) is 97.5 cm³/mol. The predicted octanol–water partition coefficient (Wildman–Crippen LogP) is 3.18. The van der Waals surface area contributed by atoms with Crippen LogP contribution in [0.1, 0.15) is 55.1 Å². The maximum Gasteiger partial charge on any atom is 0.274 e. The monoisotopic (exact) mass is 390 g/mol. The average molecular weight is 390 g/mol. The van der Waals surface area contributed by atoms with Crippen LogP contribution < -0.4 is 5.32 Å². The molecule has 1 aliphatic carbocycles. The molecule has 2 aromatic rings. The van der Waals surface area contributed by atoms with E-state index in [1.54, 1.807) is 10.9 Å². The quantitative estimate of drug-likeness (QED) is 0.851. The first-order valence-electron chi connectivity index (χ1n) is 9.65. The van der Waals surface area contributed by atoms with E-state index < -0.39 is 23.1 Å². The van der Waals surface area contributed by atoms with Crippen molar-refractivity contribution in [2.24, 2.45) is 5.41 Å². The Morgan fingerprint density at radius 3 is 2.64 bits per heavy atom. The maximum atomic E-state index is 14.5. The summed E-state index contributed by atoms with van der Waals surface area (Å²) in [5.74, 6) is -1.66. The fraction of sp³-hybridized carbons (Fsp3) is 0.550. The molecule has 1 saturated carbocycles. The van der Waals surface area contributed by atoms with Crippen LogP contribution in [-0.4, -0.2) is 34.1 Å². The average Bonchev–Trinajstić information content (AvgIpc) is 3.09. The van der Waals surface area contributed by atoms with Crippen molar-refractivity contribution in [3.63, 3.8) is 0 Å². The minimum atomic E-state index is -0.856. The Labute approximate surface area is 162 Å². The van der Waals surface area contributed by atoms with Crippen LogP contribution in [0.25, 0.3) is 0 Å². The molecule has 1 aromatic carbocycles. The number of nitrogens with one attached hydrogen (secondary N) is 1. The van der Waals surface area contributed by atoms with E-state index in [0.29, 0.717) is 38.2 Å². The topological polar surface area (TPSA) is 69.0 Å². The van der Waals surface area contributed by atoms with E-state index in [2.05, 4.69) is 22.6 Å². The number of benzene rings is 1. The fourth-order valence-corrected chi connectivity index (χ4v) is 4.19. The zero-order valence-corrected chi connectivity index (χ0v) is 15.9. The van der Waals surface area contributed by atoms with Gasteiger partial charge in [0, 0.05) is 17.0 Å². The van der Waals surface area contributed by atoms with E-state index in [-0.39, 0.29) is 11.1 Å².